The molecule has 0 amide bonds. The number of rotatable bonds is 5. The molecule has 23 heavy (non-hydrogen) atoms. The van der Waals surface area contributed by atoms with Gasteiger partial charge in [0, 0.05) is 17.5 Å². The number of nitrogens with one attached hydrogen (secondary N) is 1. The molecule has 5 heteroatoms. The van der Waals surface area contributed by atoms with Crippen LogP contribution >= 0.6 is 0 Å². The number of nitrogens with zero attached hydrogens (tertiary/aromatic N) is 2. The first-order chi connectivity index (χ1) is 11.2. The van der Waals surface area contributed by atoms with E-state index in [4.69, 9.17) is 4.74 Å². The van der Waals surface area contributed by atoms with Gasteiger partial charge >= 0.3 is 0 Å². The summed E-state index contributed by atoms with van der Waals surface area (Å²) in [4.78, 5) is 19.9. The fourth-order valence-electron chi connectivity index (χ4n) is 2.35. The van der Waals surface area contributed by atoms with Crippen molar-refractivity contribution in [3.05, 3.63) is 59.9 Å². The minimum atomic E-state index is 0.0680. The third kappa shape index (κ3) is 3.29. The van der Waals surface area contributed by atoms with Crippen molar-refractivity contribution in [3.63, 3.8) is 0 Å². The fraction of sp³-hybridized carbons (Fsp3) is 0.167. The number of Topliss-reactive ketones (excluding diaryl/α,β-unsaturated/α-hetero) is 1. The molecule has 0 aliphatic heterocycles. The highest BCUT2D eigenvalue weighted by Crippen LogP contribution is 2.24. The summed E-state index contributed by atoms with van der Waals surface area (Å²) in [5, 5.41) is 4.22. The summed E-state index contributed by atoms with van der Waals surface area (Å²) < 4.78 is 5.26. The Kier molecular flexibility index (Phi) is 4.19. The van der Waals surface area contributed by atoms with E-state index in [-0.39, 0.29) is 5.78 Å². The number of hydrogen-bond acceptors (Lipinski definition) is 5. The largest absolute Gasteiger partial charge is 0.497 e. The lowest BCUT2D eigenvalue weighted by atomic mass is 10.1. The Bertz CT molecular complexity index is 845. The summed E-state index contributed by atoms with van der Waals surface area (Å²) in [5.41, 5.74) is 2.64. The van der Waals surface area contributed by atoms with Crippen LogP contribution in [0.2, 0.25) is 0 Å². The lowest BCUT2D eigenvalue weighted by Crippen LogP contribution is -2.03. The monoisotopic (exact) mass is 307 g/mol. The summed E-state index contributed by atoms with van der Waals surface area (Å²) in [7, 11) is 1.63. The maximum absolute atomic E-state index is 11.3. The van der Waals surface area contributed by atoms with Crippen molar-refractivity contribution in [1.82, 2.24) is 9.97 Å². The number of anilines is 1. The lowest BCUT2D eigenvalue weighted by Gasteiger charge is -2.09. The number of aromatic nitrogens is 2. The Balaban J connectivity index is 1.82. The van der Waals surface area contributed by atoms with Gasteiger partial charge in [-0.05, 0) is 30.7 Å². The molecule has 0 bridgehead atoms. The molecular formula is C18H17N3O2. The molecule has 1 N–H and O–H groups in total. The molecule has 0 radical (unpaired) electrons. The van der Waals surface area contributed by atoms with Gasteiger partial charge in [-0.2, -0.15) is 0 Å². The Hall–Kier alpha value is -2.95. The topological polar surface area (TPSA) is 64.1 Å². The first kappa shape index (κ1) is 15.0. The first-order valence-corrected chi connectivity index (χ1v) is 7.30. The van der Waals surface area contributed by atoms with Crippen molar-refractivity contribution >= 4 is 22.5 Å². The van der Waals surface area contributed by atoms with Gasteiger partial charge in [0.25, 0.3) is 0 Å². The van der Waals surface area contributed by atoms with Crippen LogP contribution in [-0.4, -0.2) is 22.9 Å². The molecule has 0 fully saturated rings. The summed E-state index contributed by atoms with van der Waals surface area (Å²) in [6, 6.07) is 13.2. The lowest BCUT2D eigenvalue weighted by molar-refractivity contribution is 0.101. The van der Waals surface area contributed by atoms with E-state index in [1.54, 1.807) is 14.0 Å². The average molecular weight is 307 g/mol. The second kappa shape index (κ2) is 6.44. The van der Waals surface area contributed by atoms with E-state index in [1.165, 1.54) is 6.33 Å². The Morgan fingerprint density at radius 2 is 1.91 bits per heavy atom. The van der Waals surface area contributed by atoms with Gasteiger partial charge in [-0.15, -0.1) is 0 Å². The Morgan fingerprint density at radius 1 is 1.13 bits per heavy atom. The summed E-state index contributed by atoms with van der Waals surface area (Å²) in [5.74, 6) is 1.59. The number of ether oxygens (including phenoxy) is 1. The van der Waals surface area contributed by atoms with E-state index in [9.17, 15) is 4.79 Å². The number of carbonyl (C=O) groups is 1. The van der Waals surface area contributed by atoms with E-state index in [0.29, 0.717) is 12.1 Å². The second-order valence-corrected chi connectivity index (χ2v) is 5.21. The number of benzene rings is 2. The predicted molar refractivity (Wildman–Crippen MR) is 89.9 cm³/mol. The molecule has 116 valence electrons. The van der Waals surface area contributed by atoms with Gasteiger partial charge in [0.15, 0.2) is 5.78 Å². The second-order valence-electron chi connectivity index (χ2n) is 5.21. The van der Waals surface area contributed by atoms with Crippen LogP contribution in [0.1, 0.15) is 22.8 Å². The van der Waals surface area contributed by atoms with Gasteiger partial charge in [0.05, 0.1) is 12.6 Å². The number of fused-ring (bicyclic) bond motifs is 1. The maximum atomic E-state index is 11.3. The molecule has 5 nitrogen and oxygen atoms in total. The molecular weight excluding hydrogens is 290 g/mol. The summed E-state index contributed by atoms with van der Waals surface area (Å²) in [6.07, 6.45) is 1.54. The maximum Gasteiger partial charge on any atom is 0.159 e. The van der Waals surface area contributed by atoms with Gasteiger partial charge in [0.1, 0.15) is 17.9 Å². The third-order valence-electron chi connectivity index (χ3n) is 3.66. The molecule has 3 aromatic rings. The summed E-state index contributed by atoms with van der Waals surface area (Å²) in [6.45, 7) is 2.18. The smallest absolute Gasteiger partial charge is 0.159 e. The fourth-order valence-corrected chi connectivity index (χ4v) is 2.35. The quantitative estimate of drug-likeness (QED) is 0.731. The summed E-state index contributed by atoms with van der Waals surface area (Å²) >= 11 is 0. The van der Waals surface area contributed by atoms with Crippen LogP contribution in [0.25, 0.3) is 10.9 Å². The standard InChI is InChI=1S/C18H17N3O2/c1-12(22)14-5-3-13(4-6-14)10-19-18-16-9-15(23-2)7-8-17(16)20-11-21-18/h3-9,11H,10H2,1-2H3,(H,19,20,21). The molecule has 0 aliphatic carbocycles. The van der Waals surface area contributed by atoms with E-state index in [1.807, 2.05) is 42.5 Å². The Labute approximate surface area is 134 Å². The highest BCUT2D eigenvalue weighted by atomic mass is 16.5. The number of carbonyl (C=O) groups excluding carboxylic acids is 1. The molecule has 1 heterocycles. The minimum absolute atomic E-state index is 0.0680. The van der Waals surface area contributed by atoms with Crippen molar-refractivity contribution in [2.24, 2.45) is 0 Å². The van der Waals surface area contributed by atoms with Crippen LogP contribution in [0, 0.1) is 0 Å². The van der Waals surface area contributed by atoms with E-state index < -0.39 is 0 Å². The van der Waals surface area contributed by atoms with Crippen molar-refractivity contribution in [3.8, 4) is 5.75 Å². The molecule has 3 rings (SSSR count). The number of ketones is 1. The third-order valence-corrected chi connectivity index (χ3v) is 3.66. The highest BCUT2D eigenvalue weighted by molar-refractivity contribution is 5.94. The molecule has 0 spiro atoms. The van der Waals surface area contributed by atoms with E-state index in [0.717, 1.165) is 28.0 Å². The van der Waals surface area contributed by atoms with Crippen molar-refractivity contribution in [1.29, 1.82) is 0 Å². The normalized spacial score (nSPS) is 10.5. The van der Waals surface area contributed by atoms with Crippen molar-refractivity contribution in [2.75, 3.05) is 12.4 Å². The van der Waals surface area contributed by atoms with E-state index in [2.05, 4.69) is 15.3 Å². The van der Waals surface area contributed by atoms with E-state index >= 15 is 0 Å². The van der Waals surface area contributed by atoms with Crippen molar-refractivity contribution < 1.29 is 9.53 Å². The molecule has 0 saturated carbocycles. The zero-order valence-electron chi connectivity index (χ0n) is 13.0. The van der Waals surface area contributed by atoms with Gasteiger partial charge in [-0.25, -0.2) is 9.97 Å². The van der Waals surface area contributed by atoms with Gasteiger partial charge in [-0.1, -0.05) is 24.3 Å². The molecule has 0 aliphatic rings. The Morgan fingerprint density at radius 3 is 2.61 bits per heavy atom. The van der Waals surface area contributed by atoms with Crippen LogP contribution in [0.3, 0.4) is 0 Å². The minimum Gasteiger partial charge on any atom is -0.497 e. The number of methoxy groups -OCH3 is 1. The molecule has 0 unspecified atom stereocenters. The van der Waals surface area contributed by atoms with Crippen LogP contribution in [0.4, 0.5) is 5.82 Å². The molecule has 2 aromatic carbocycles. The zero-order chi connectivity index (χ0) is 16.2. The molecule has 0 saturated heterocycles. The van der Waals surface area contributed by atoms with Crippen LogP contribution in [0.15, 0.2) is 48.8 Å². The SMILES string of the molecule is COc1ccc2ncnc(NCc3ccc(C(C)=O)cc3)c2c1. The van der Waals surface area contributed by atoms with Gasteiger partial charge in [0.2, 0.25) is 0 Å². The molecule has 0 atom stereocenters. The average Bonchev–Trinajstić information content (AvgIpc) is 2.59. The van der Waals surface area contributed by atoms with Crippen LogP contribution in [0.5, 0.6) is 5.75 Å². The van der Waals surface area contributed by atoms with Gasteiger partial charge < -0.3 is 10.1 Å². The van der Waals surface area contributed by atoms with Crippen LogP contribution < -0.4 is 10.1 Å². The predicted octanol–water partition coefficient (Wildman–Crippen LogP) is 3.45. The van der Waals surface area contributed by atoms with Crippen molar-refractivity contribution in [2.45, 2.75) is 13.5 Å². The first-order valence-electron chi connectivity index (χ1n) is 7.30. The highest BCUT2D eigenvalue weighted by Gasteiger charge is 2.05. The number of hydrogen-bond donors (Lipinski definition) is 1. The van der Waals surface area contributed by atoms with Crippen LogP contribution in [-0.2, 0) is 6.54 Å². The van der Waals surface area contributed by atoms with Gasteiger partial charge in [-0.3, -0.25) is 4.79 Å². The zero-order valence-corrected chi connectivity index (χ0v) is 13.0. The molecule has 1 aromatic heterocycles.